The molecule has 0 saturated carbocycles. The zero-order valence-corrected chi connectivity index (χ0v) is 23.6. The normalized spacial score (nSPS) is 12.9. The highest BCUT2D eigenvalue weighted by Gasteiger charge is 2.20. The molecule has 5 nitrogen and oxygen atoms in total. The van der Waals surface area contributed by atoms with E-state index in [0.717, 1.165) is 61.4 Å². The number of nitriles is 2. The second kappa shape index (κ2) is 11.5. The lowest BCUT2D eigenvalue weighted by atomic mass is 9.91. The van der Waals surface area contributed by atoms with Gasteiger partial charge in [-0.3, -0.25) is 0 Å². The van der Waals surface area contributed by atoms with Gasteiger partial charge in [0, 0.05) is 11.1 Å². The predicted molar refractivity (Wildman–Crippen MR) is 176 cm³/mol. The average Bonchev–Trinajstić information content (AvgIpc) is 3.11. The molecule has 0 spiro atoms. The minimum absolute atomic E-state index is 0.392. The Morgan fingerprint density at radius 1 is 0.477 bits per heavy atom. The summed E-state index contributed by atoms with van der Waals surface area (Å²) in [4.78, 5) is 9.99. The van der Waals surface area contributed by atoms with Gasteiger partial charge in [-0.15, -0.1) is 0 Å². The number of hydrogen-bond donors (Lipinski definition) is 1. The molecule has 6 aromatic carbocycles. The molecule has 0 bridgehead atoms. The molecular formula is C39H25N5. The van der Waals surface area contributed by atoms with Crippen LogP contribution >= 0.6 is 0 Å². The van der Waals surface area contributed by atoms with Crippen molar-refractivity contribution >= 4 is 22.4 Å². The van der Waals surface area contributed by atoms with Crippen molar-refractivity contribution in [1.29, 1.82) is 10.5 Å². The first-order valence-corrected chi connectivity index (χ1v) is 14.3. The lowest BCUT2D eigenvalue weighted by Crippen LogP contribution is -2.35. The average molecular weight is 564 g/mol. The summed E-state index contributed by atoms with van der Waals surface area (Å²) in [5, 5.41) is 24.6. The van der Waals surface area contributed by atoms with Crippen molar-refractivity contribution in [3.05, 3.63) is 167 Å². The Morgan fingerprint density at radius 2 is 0.977 bits per heavy atom. The predicted octanol–water partition coefficient (Wildman–Crippen LogP) is 8.41. The number of amidine groups is 2. The van der Waals surface area contributed by atoms with Crippen LogP contribution in [-0.2, 0) is 0 Å². The number of aliphatic imine (C=N–C) groups is 2. The smallest absolute Gasteiger partial charge is 0.169 e. The van der Waals surface area contributed by atoms with Crippen LogP contribution in [0.3, 0.4) is 0 Å². The fourth-order valence-electron chi connectivity index (χ4n) is 5.65. The van der Waals surface area contributed by atoms with Gasteiger partial charge in [0.1, 0.15) is 11.7 Å². The Labute approximate surface area is 255 Å². The molecule has 0 atom stereocenters. The zero-order chi connectivity index (χ0) is 29.9. The largest absolute Gasteiger partial charge is 0.324 e. The summed E-state index contributed by atoms with van der Waals surface area (Å²) < 4.78 is 0. The fourth-order valence-corrected chi connectivity index (χ4v) is 5.65. The van der Waals surface area contributed by atoms with E-state index >= 15 is 0 Å². The van der Waals surface area contributed by atoms with Gasteiger partial charge in [-0.1, -0.05) is 121 Å². The van der Waals surface area contributed by atoms with E-state index < -0.39 is 6.17 Å². The van der Waals surface area contributed by atoms with Crippen LogP contribution in [0.1, 0.15) is 34.0 Å². The Kier molecular flexibility index (Phi) is 6.97. The van der Waals surface area contributed by atoms with E-state index in [1.807, 2.05) is 91.0 Å². The van der Waals surface area contributed by atoms with Gasteiger partial charge < -0.3 is 5.32 Å². The van der Waals surface area contributed by atoms with Gasteiger partial charge in [-0.2, -0.15) is 10.5 Å². The summed E-state index contributed by atoms with van der Waals surface area (Å²) in [6, 6.07) is 50.7. The van der Waals surface area contributed by atoms with Crippen LogP contribution < -0.4 is 5.32 Å². The van der Waals surface area contributed by atoms with Gasteiger partial charge in [0.25, 0.3) is 0 Å². The van der Waals surface area contributed by atoms with E-state index in [4.69, 9.17) is 9.98 Å². The van der Waals surface area contributed by atoms with Gasteiger partial charge in [0.15, 0.2) is 6.17 Å². The third kappa shape index (κ3) is 5.11. The van der Waals surface area contributed by atoms with E-state index in [9.17, 15) is 10.5 Å². The number of nitrogens with one attached hydrogen (secondary N) is 1. The maximum atomic E-state index is 9.52. The molecule has 6 aromatic rings. The van der Waals surface area contributed by atoms with Crippen LogP contribution in [0.2, 0.25) is 0 Å². The first-order valence-electron chi connectivity index (χ1n) is 14.3. The van der Waals surface area contributed by atoms with Gasteiger partial charge in [0.2, 0.25) is 0 Å². The summed E-state index contributed by atoms with van der Waals surface area (Å²) >= 11 is 0. The van der Waals surface area contributed by atoms with E-state index in [0.29, 0.717) is 11.1 Å². The molecular weight excluding hydrogens is 538 g/mol. The highest BCUT2D eigenvalue weighted by molar-refractivity contribution is 6.15. The first-order chi connectivity index (χ1) is 21.7. The third-order valence-electron chi connectivity index (χ3n) is 7.78. The molecule has 0 saturated heterocycles. The third-order valence-corrected chi connectivity index (χ3v) is 7.78. The molecule has 1 N–H and O–H groups in total. The standard InChI is InChI=1S/C39H25N5/c40-24-26-21-27(25-41)23-32(22-26)34-14-8-15-35-33(13-7-16-36(34)35)28-17-19-31(20-18-28)39-43-37(29-9-3-1-4-10-29)42-38(44-39)30-11-5-2-6-12-30/h1-23,39H,(H,42,43,44). The highest BCUT2D eigenvalue weighted by Crippen LogP contribution is 2.36. The molecule has 44 heavy (non-hydrogen) atoms. The van der Waals surface area contributed by atoms with E-state index in [1.165, 1.54) is 0 Å². The number of fused-ring (bicyclic) bond motifs is 1. The molecule has 0 aliphatic carbocycles. The van der Waals surface area contributed by atoms with Crippen molar-refractivity contribution in [2.75, 3.05) is 0 Å². The molecule has 0 fully saturated rings. The molecule has 5 heteroatoms. The number of hydrogen-bond acceptors (Lipinski definition) is 5. The maximum Gasteiger partial charge on any atom is 0.169 e. The summed E-state index contributed by atoms with van der Waals surface area (Å²) in [6.07, 6.45) is -0.392. The molecule has 0 aromatic heterocycles. The summed E-state index contributed by atoms with van der Waals surface area (Å²) in [5.41, 5.74) is 7.95. The van der Waals surface area contributed by atoms with Crippen LogP contribution in [0.15, 0.2) is 150 Å². The molecule has 7 rings (SSSR count). The molecule has 1 aliphatic rings. The quantitative estimate of drug-likeness (QED) is 0.229. The van der Waals surface area contributed by atoms with Crippen LogP contribution in [-0.4, -0.2) is 11.7 Å². The Bertz CT molecular complexity index is 2060. The number of rotatable bonds is 5. The molecule has 0 unspecified atom stereocenters. The summed E-state index contributed by atoms with van der Waals surface area (Å²) in [6.45, 7) is 0. The maximum absolute atomic E-state index is 9.52. The Balaban J connectivity index is 1.27. The molecule has 206 valence electrons. The van der Waals surface area contributed by atoms with Crippen molar-refractivity contribution in [2.24, 2.45) is 9.98 Å². The number of benzene rings is 6. The van der Waals surface area contributed by atoms with Crippen molar-refractivity contribution in [1.82, 2.24) is 5.32 Å². The fraction of sp³-hybridized carbons (Fsp3) is 0.0256. The van der Waals surface area contributed by atoms with Crippen molar-refractivity contribution < 1.29 is 0 Å². The Hall–Kier alpha value is -6.30. The first kappa shape index (κ1) is 26.6. The second-order valence-corrected chi connectivity index (χ2v) is 10.5. The second-order valence-electron chi connectivity index (χ2n) is 10.5. The van der Waals surface area contributed by atoms with Gasteiger partial charge in [-0.25, -0.2) is 9.98 Å². The zero-order valence-electron chi connectivity index (χ0n) is 23.6. The molecule has 1 heterocycles. The van der Waals surface area contributed by atoms with Crippen molar-refractivity contribution in [2.45, 2.75) is 6.17 Å². The van der Waals surface area contributed by atoms with Crippen molar-refractivity contribution in [3.8, 4) is 34.4 Å². The topological polar surface area (TPSA) is 84.3 Å². The van der Waals surface area contributed by atoms with Crippen LogP contribution in [0.25, 0.3) is 33.0 Å². The SMILES string of the molecule is N#Cc1cc(C#N)cc(-c2cccc3c(-c4ccc(C5N=C(c6ccccc6)NC(c6ccccc6)=N5)cc4)cccc23)c1. The summed E-state index contributed by atoms with van der Waals surface area (Å²) in [5.74, 6) is 1.57. The van der Waals surface area contributed by atoms with Crippen LogP contribution in [0.5, 0.6) is 0 Å². The van der Waals surface area contributed by atoms with E-state index in [-0.39, 0.29) is 0 Å². The van der Waals surface area contributed by atoms with Crippen LogP contribution in [0, 0.1) is 22.7 Å². The lowest BCUT2D eigenvalue weighted by Gasteiger charge is -2.22. The van der Waals surface area contributed by atoms with Gasteiger partial charge in [0.05, 0.1) is 23.3 Å². The molecule has 1 aliphatic heterocycles. The van der Waals surface area contributed by atoms with E-state index in [2.05, 4.69) is 59.9 Å². The van der Waals surface area contributed by atoms with Gasteiger partial charge >= 0.3 is 0 Å². The summed E-state index contributed by atoms with van der Waals surface area (Å²) in [7, 11) is 0. The molecule has 0 amide bonds. The minimum Gasteiger partial charge on any atom is -0.324 e. The van der Waals surface area contributed by atoms with Gasteiger partial charge in [-0.05, 0) is 56.8 Å². The minimum atomic E-state index is -0.392. The number of nitrogens with zero attached hydrogens (tertiary/aromatic N) is 4. The van der Waals surface area contributed by atoms with Crippen LogP contribution in [0.4, 0.5) is 0 Å². The highest BCUT2D eigenvalue weighted by atomic mass is 15.2. The molecule has 0 radical (unpaired) electrons. The monoisotopic (exact) mass is 563 g/mol. The lowest BCUT2D eigenvalue weighted by molar-refractivity contribution is 0.756. The van der Waals surface area contributed by atoms with E-state index in [1.54, 1.807) is 6.07 Å². The van der Waals surface area contributed by atoms with Crippen molar-refractivity contribution in [3.63, 3.8) is 0 Å². The Morgan fingerprint density at radius 3 is 1.48 bits per heavy atom.